The minimum atomic E-state index is -1.01. The summed E-state index contributed by atoms with van der Waals surface area (Å²) >= 11 is 1.24. The molecule has 0 atom stereocenters. The summed E-state index contributed by atoms with van der Waals surface area (Å²) in [4.78, 5) is 27.4. The number of carbonyl (C=O) groups is 2. The quantitative estimate of drug-likeness (QED) is 0.892. The zero-order chi connectivity index (χ0) is 14.8. The van der Waals surface area contributed by atoms with Gasteiger partial charge in [0.1, 0.15) is 5.00 Å². The van der Waals surface area contributed by atoms with Gasteiger partial charge in [-0.2, -0.15) is 0 Å². The number of carbonyl (C=O) groups excluding carboxylic acids is 1. The van der Waals surface area contributed by atoms with Gasteiger partial charge in [0, 0.05) is 32.7 Å². The zero-order valence-electron chi connectivity index (χ0n) is 11.7. The van der Waals surface area contributed by atoms with Crippen LogP contribution in [-0.4, -0.2) is 59.6 Å². The van der Waals surface area contributed by atoms with E-state index in [4.69, 9.17) is 5.11 Å². The van der Waals surface area contributed by atoms with E-state index in [-0.39, 0.29) is 11.6 Å². The van der Waals surface area contributed by atoms with Crippen LogP contribution in [0, 0.1) is 5.92 Å². The molecule has 2 heterocycles. The van der Waals surface area contributed by atoms with Gasteiger partial charge in [0.25, 0.3) is 0 Å². The van der Waals surface area contributed by atoms with Crippen LogP contribution in [0.15, 0.2) is 11.4 Å². The number of aromatic carboxylic acids is 1. The number of thiophene rings is 1. The van der Waals surface area contributed by atoms with Crippen LogP contribution in [0.4, 0.5) is 9.80 Å². The number of nitrogens with zero attached hydrogens (tertiary/aromatic N) is 2. The predicted octanol–water partition coefficient (Wildman–Crippen LogP) is 2.01. The Hall–Kier alpha value is -1.60. The van der Waals surface area contributed by atoms with E-state index < -0.39 is 5.97 Å². The molecule has 21 heavy (non-hydrogen) atoms. The average Bonchev–Trinajstić information content (AvgIpc) is 3.15. The topological polar surface area (TPSA) is 72.9 Å². The molecule has 1 aliphatic heterocycles. The lowest BCUT2D eigenvalue weighted by molar-refractivity contribution is 0.0698. The molecule has 2 fully saturated rings. The molecule has 6 nitrogen and oxygen atoms in total. The van der Waals surface area contributed by atoms with E-state index in [0.29, 0.717) is 18.1 Å². The van der Waals surface area contributed by atoms with Crippen LogP contribution in [0.5, 0.6) is 0 Å². The molecule has 3 rings (SSSR count). The first-order chi connectivity index (χ1) is 10.1. The minimum absolute atomic E-state index is 0.153. The van der Waals surface area contributed by atoms with Crippen molar-refractivity contribution in [2.45, 2.75) is 12.8 Å². The van der Waals surface area contributed by atoms with Gasteiger partial charge in [0.2, 0.25) is 0 Å². The lowest BCUT2D eigenvalue weighted by atomic mass is 10.3. The molecule has 1 saturated carbocycles. The molecular weight excluding hydrogens is 290 g/mol. The average molecular weight is 309 g/mol. The molecule has 1 aliphatic carbocycles. The van der Waals surface area contributed by atoms with Crippen LogP contribution in [0.1, 0.15) is 23.2 Å². The second kappa shape index (κ2) is 6.03. The summed E-state index contributed by atoms with van der Waals surface area (Å²) in [7, 11) is 0. The summed E-state index contributed by atoms with van der Waals surface area (Å²) in [6.45, 7) is 4.36. The first-order valence-electron chi connectivity index (χ1n) is 7.22. The smallest absolute Gasteiger partial charge is 0.338 e. The van der Waals surface area contributed by atoms with Crippen molar-refractivity contribution in [2.24, 2.45) is 5.92 Å². The van der Waals surface area contributed by atoms with E-state index >= 15 is 0 Å². The minimum Gasteiger partial charge on any atom is -0.478 e. The first kappa shape index (κ1) is 14.3. The number of amides is 2. The van der Waals surface area contributed by atoms with Gasteiger partial charge < -0.3 is 10.0 Å². The van der Waals surface area contributed by atoms with Crippen molar-refractivity contribution >= 4 is 28.3 Å². The van der Waals surface area contributed by atoms with Crippen LogP contribution in [0.25, 0.3) is 0 Å². The van der Waals surface area contributed by atoms with E-state index in [9.17, 15) is 9.59 Å². The number of hydrogen-bond acceptors (Lipinski definition) is 4. The van der Waals surface area contributed by atoms with Crippen LogP contribution in [0.3, 0.4) is 0 Å². The Morgan fingerprint density at radius 2 is 2.00 bits per heavy atom. The lowest BCUT2D eigenvalue weighted by Crippen LogP contribution is -2.50. The van der Waals surface area contributed by atoms with Crippen LogP contribution >= 0.6 is 11.3 Å². The SMILES string of the molecule is O=C(O)c1ccsc1NC(=O)N1CCN(CC2CC2)CC1. The Morgan fingerprint density at radius 1 is 1.29 bits per heavy atom. The fourth-order valence-corrected chi connectivity index (χ4v) is 3.32. The number of hydrogen-bond donors (Lipinski definition) is 2. The van der Waals surface area contributed by atoms with Crippen LogP contribution in [0.2, 0.25) is 0 Å². The lowest BCUT2D eigenvalue weighted by Gasteiger charge is -2.34. The number of carboxylic acid groups (broad SMARTS) is 1. The maximum atomic E-state index is 12.2. The van der Waals surface area contributed by atoms with Crippen LogP contribution in [-0.2, 0) is 0 Å². The molecule has 1 saturated heterocycles. The number of piperazine rings is 1. The monoisotopic (exact) mass is 309 g/mol. The first-order valence-corrected chi connectivity index (χ1v) is 8.10. The van der Waals surface area contributed by atoms with Gasteiger partial charge in [-0.1, -0.05) is 0 Å². The van der Waals surface area contributed by atoms with Gasteiger partial charge in [-0.15, -0.1) is 11.3 Å². The molecule has 1 aromatic heterocycles. The van der Waals surface area contributed by atoms with Crippen molar-refractivity contribution in [1.29, 1.82) is 0 Å². The maximum absolute atomic E-state index is 12.2. The molecule has 114 valence electrons. The van der Waals surface area contributed by atoms with Gasteiger partial charge in [0.05, 0.1) is 5.56 Å². The number of urea groups is 1. The van der Waals surface area contributed by atoms with Gasteiger partial charge in [-0.25, -0.2) is 9.59 Å². The molecule has 0 unspecified atom stereocenters. The van der Waals surface area contributed by atoms with E-state index in [1.165, 1.54) is 30.2 Å². The second-order valence-electron chi connectivity index (χ2n) is 5.63. The molecule has 0 spiro atoms. The Morgan fingerprint density at radius 3 is 2.62 bits per heavy atom. The van der Waals surface area contributed by atoms with Crippen LogP contribution < -0.4 is 5.32 Å². The number of rotatable bonds is 4. The second-order valence-corrected chi connectivity index (χ2v) is 6.55. The normalized spacial score (nSPS) is 19.5. The van der Waals surface area contributed by atoms with Crippen molar-refractivity contribution in [2.75, 3.05) is 38.0 Å². The van der Waals surface area contributed by atoms with E-state index in [1.807, 2.05) is 0 Å². The summed E-state index contributed by atoms with van der Waals surface area (Å²) in [6, 6.07) is 1.31. The molecule has 1 aromatic rings. The molecule has 0 bridgehead atoms. The fourth-order valence-electron chi connectivity index (χ4n) is 2.55. The Bertz CT molecular complexity index is 533. The van der Waals surface area contributed by atoms with E-state index in [0.717, 1.165) is 25.6 Å². The highest BCUT2D eigenvalue weighted by Crippen LogP contribution is 2.30. The molecule has 7 heteroatoms. The van der Waals surface area contributed by atoms with E-state index in [2.05, 4.69) is 10.2 Å². The summed E-state index contributed by atoms with van der Waals surface area (Å²) in [6.07, 6.45) is 2.69. The fraction of sp³-hybridized carbons (Fsp3) is 0.571. The standard InChI is InChI=1S/C14H19N3O3S/c18-13(19)11-3-8-21-12(11)15-14(20)17-6-4-16(5-7-17)9-10-1-2-10/h3,8,10H,1-2,4-7,9H2,(H,15,20)(H,18,19). The maximum Gasteiger partial charge on any atom is 0.338 e. The Balaban J connectivity index is 1.51. The van der Waals surface area contributed by atoms with Crippen molar-refractivity contribution in [3.05, 3.63) is 17.0 Å². The summed E-state index contributed by atoms with van der Waals surface area (Å²) in [5.74, 6) is -0.143. The highest BCUT2D eigenvalue weighted by molar-refractivity contribution is 7.14. The van der Waals surface area contributed by atoms with Crippen molar-refractivity contribution < 1.29 is 14.7 Å². The third kappa shape index (κ3) is 3.54. The van der Waals surface area contributed by atoms with Gasteiger partial charge >= 0.3 is 12.0 Å². The number of anilines is 1. The highest BCUT2D eigenvalue weighted by atomic mass is 32.1. The number of carboxylic acids is 1. The van der Waals surface area contributed by atoms with Crippen molar-refractivity contribution in [3.63, 3.8) is 0 Å². The number of nitrogens with one attached hydrogen (secondary N) is 1. The molecule has 0 aromatic carbocycles. The Kier molecular flexibility index (Phi) is 4.12. The third-order valence-corrected chi connectivity index (χ3v) is 4.82. The third-order valence-electron chi connectivity index (χ3n) is 3.99. The highest BCUT2D eigenvalue weighted by Gasteiger charge is 2.28. The summed E-state index contributed by atoms with van der Waals surface area (Å²) < 4.78 is 0. The van der Waals surface area contributed by atoms with Gasteiger partial charge in [-0.3, -0.25) is 10.2 Å². The summed E-state index contributed by atoms with van der Waals surface area (Å²) in [5, 5.41) is 13.8. The zero-order valence-corrected chi connectivity index (χ0v) is 12.6. The molecule has 0 radical (unpaired) electrons. The molecule has 2 N–H and O–H groups in total. The molecular formula is C14H19N3O3S. The van der Waals surface area contributed by atoms with E-state index in [1.54, 1.807) is 10.3 Å². The van der Waals surface area contributed by atoms with Crippen molar-refractivity contribution in [3.8, 4) is 0 Å². The molecule has 2 amide bonds. The van der Waals surface area contributed by atoms with Gasteiger partial charge in [0.15, 0.2) is 0 Å². The van der Waals surface area contributed by atoms with Gasteiger partial charge in [-0.05, 0) is 30.2 Å². The Labute approximate surface area is 127 Å². The van der Waals surface area contributed by atoms with Crippen molar-refractivity contribution in [1.82, 2.24) is 9.80 Å². The predicted molar refractivity (Wildman–Crippen MR) is 81.0 cm³/mol. The largest absolute Gasteiger partial charge is 0.478 e. The summed E-state index contributed by atoms with van der Waals surface area (Å²) in [5.41, 5.74) is 0.153. The molecule has 2 aliphatic rings.